The number of ether oxygens (including phenoxy) is 1. The summed E-state index contributed by atoms with van der Waals surface area (Å²) in [6.07, 6.45) is 1.54. The van der Waals surface area contributed by atoms with Crippen LogP contribution in [0, 0.1) is 23.2 Å². The predicted octanol–water partition coefficient (Wildman–Crippen LogP) is 0.948. The number of piperidine rings is 1. The smallest absolute Gasteiger partial charge is 0.310 e. The minimum atomic E-state index is -0.643. The fourth-order valence-corrected chi connectivity index (χ4v) is 1.96. The van der Waals surface area contributed by atoms with E-state index in [-0.39, 0.29) is 17.8 Å². The van der Waals surface area contributed by atoms with Gasteiger partial charge in [0.25, 0.3) is 0 Å². The molecule has 1 aliphatic heterocycles. The van der Waals surface area contributed by atoms with Crippen LogP contribution in [-0.2, 0) is 14.3 Å². The summed E-state index contributed by atoms with van der Waals surface area (Å²) in [7, 11) is 0. The second-order valence-electron chi connectivity index (χ2n) is 4.23. The second-order valence-corrected chi connectivity index (χ2v) is 4.23. The van der Waals surface area contributed by atoms with Crippen molar-refractivity contribution in [3.05, 3.63) is 0 Å². The van der Waals surface area contributed by atoms with Crippen LogP contribution in [-0.4, -0.2) is 36.5 Å². The van der Waals surface area contributed by atoms with Crippen LogP contribution >= 0.6 is 0 Å². The molecule has 17 heavy (non-hydrogen) atoms. The highest BCUT2D eigenvalue weighted by Crippen LogP contribution is 2.19. The Hall–Kier alpha value is -1.57. The lowest BCUT2D eigenvalue weighted by atomic mass is 9.97. The van der Waals surface area contributed by atoms with Crippen molar-refractivity contribution in [2.75, 3.05) is 19.7 Å². The van der Waals surface area contributed by atoms with Gasteiger partial charge >= 0.3 is 5.97 Å². The van der Waals surface area contributed by atoms with Gasteiger partial charge in [-0.15, -0.1) is 0 Å². The number of likely N-dealkylation sites (tertiary alicyclic amines) is 1. The van der Waals surface area contributed by atoms with E-state index < -0.39 is 5.92 Å². The van der Waals surface area contributed by atoms with Gasteiger partial charge in [-0.3, -0.25) is 9.59 Å². The molecule has 1 fully saturated rings. The average Bonchev–Trinajstić information content (AvgIpc) is 2.37. The van der Waals surface area contributed by atoms with E-state index >= 15 is 0 Å². The number of nitriles is 1. The Morgan fingerprint density at radius 1 is 1.59 bits per heavy atom. The maximum atomic E-state index is 11.8. The molecule has 0 aromatic carbocycles. The van der Waals surface area contributed by atoms with Gasteiger partial charge in [-0.25, -0.2) is 0 Å². The van der Waals surface area contributed by atoms with Gasteiger partial charge in [0.05, 0.1) is 18.6 Å². The van der Waals surface area contributed by atoms with Crippen LogP contribution < -0.4 is 0 Å². The first kappa shape index (κ1) is 13.5. The number of esters is 1. The Balaban J connectivity index is 2.58. The summed E-state index contributed by atoms with van der Waals surface area (Å²) < 4.78 is 4.95. The SMILES string of the molecule is CCOC(=O)C1CCCN(C(=O)C(C)C#N)C1. The molecule has 1 amide bonds. The fraction of sp³-hybridized carbons (Fsp3) is 0.750. The van der Waals surface area contributed by atoms with Gasteiger partial charge in [-0.2, -0.15) is 5.26 Å². The fourth-order valence-electron chi connectivity index (χ4n) is 1.96. The lowest BCUT2D eigenvalue weighted by Crippen LogP contribution is -2.44. The second kappa shape index (κ2) is 6.24. The van der Waals surface area contributed by atoms with Crippen LogP contribution in [0.5, 0.6) is 0 Å². The highest BCUT2D eigenvalue weighted by molar-refractivity contribution is 5.82. The normalized spacial score (nSPS) is 21.5. The van der Waals surface area contributed by atoms with E-state index in [0.717, 1.165) is 12.8 Å². The summed E-state index contributed by atoms with van der Waals surface area (Å²) in [6.45, 7) is 4.71. The summed E-state index contributed by atoms with van der Waals surface area (Å²) in [6, 6.07) is 1.92. The summed E-state index contributed by atoms with van der Waals surface area (Å²) in [4.78, 5) is 25.0. The van der Waals surface area contributed by atoms with Gasteiger partial charge in [-0.1, -0.05) is 0 Å². The molecule has 0 aliphatic carbocycles. The Morgan fingerprint density at radius 3 is 2.88 bits per heavy atom. The lowest BCUT2D eigenvalue weighted by Gasteiger charge is -2.32. The van der Waals surface area contributed by atoms with Crippen molar-refractivity contribution in [3.8, 4) is 6.07 Å². The van der Waals surface area contributed by atoms with E-state index in [0.29, 0.717) is 19.7 Å². The molecular formula is C12H18N2O3. The van der Waals surface area contributed by atoms with Crippen LogP contribution in [0.25, 0.3) is 0 Å². The molecule has 0 aromatic heterocycles. The molecule has 94 valence electrons. The van der Waals surface area contributed by atoms with Crippen LogP contribution in [0.2, 0.25) is 0 Å². The third kappa shape index (κ3) is 3.45. The highest BCUT2D eigenvalue weighted by Gasteiger charge is 2.30. The molecule has 1 rings (SSSR count). The minimum absolute atomic E-state index is 0.193. The van der Waals surface area contributed by atoms with Crippen LogP contribution in [0.4, 0.5) is 0 Å². The summed E-state index contributed by atoms with van der Waals surface area (Å²) in [5, 5.41) is 8.71. The molecule has 0 bridgehead atoms. The number of amides is 1. The molecule has 1 heterocycles. The van der Waals surface area contributed by atoms with Crippen molar-refractivity contribution >= 4 is 11.9 Å². The highest BCUT2D eigenvalue weighted by atomic mass is 16.5. The zero-order chi connectivity index (χ0) is 12.8. The van der Waals surface area contributed by atoms with Crippen LogP contribution in [0.15, 0.2) is 0 Å². The number of carbonyl (C=O) groups is 2. The summed E-state index contributed by atoms with van der Waals surface area (Å²) in [5.41, 5.74) is 0. The largest absolute Gasteiger partial charge is 0.466 e. The number of carbonyl (C=O) groups excluding carboxylic acids is 2. The van der Waals surface area contributed by atoms with Gasteiger partial charge in [-0.05, 0) is 26.7 Å². The molecule has 2 atom stereocenters. The first-order chi connectivity index (χ1) is 8.10. The van der Waals surface area contributed by atoms with E-state index in [1.165, 1.54) is 0 Å². The zero-order valence-corrected chi connectivity index (χ0v) is 10.3. The Bertz CT molecular complexity index is 335. The van der Waals surface area contributed by atoms with E-state index in [4.69, 9.17) is 10.00 Å². The zero-order valence-electron chi connectivity index (χ0n) is 10.3. The summed E-state index contributed by atoms with van der Waals surface area (Å²) in [5.74, 6) is -1.31. The van der Waals surface area contributed by atoms with Crippen molar-refractivity contribution in [2.45, 2.75) is 26.7 Å². The number of hydrogen-bond acceptors (Lipinski definition) is 4. The third-order valence-corrected chi connectivity index (χ3v) is 2.92. The quantitative estimate of drug-likeness (QED) is 0.686. The van der Waals surface area contributed by atoms with Crippen LogP contribution in [0.1, 0.15) is 26.7 Å². The molecule has 0 radical (unpaired) electrons. The molecule has 5 heteroatoms. The van der Waals surface area contributed by atoms with Crippen molar-refractivity contribution in [1.82, 2.24) is 4.90 Å². The van der Waals surface area contributed by atoms with Crippen LogP contribution in [0.3, 0.4) is 0 Å². The number of rotatable bonds is 3. The Morgan fingerprint density at radius 2 is 2.29 bits per heavy atom. The number of hydrogen-bond donors (Lipinski definition) is 0. The third-order valence-electron chi connectivity index (χ3n) is 2.92. The van der Waals surface area contributed by atoms with Crippen molar-refractivity contribution < 1.29 is 14.3 Å². The maximum absolute atomic E-state index is 11.8. The maximum Gasteiger partial charge on any atom is 0.310 e. The van der Waals surface area contributed by atoms with Gasteiger partial charge in [0.1, 0.15) is 5.92 Å². The lowest BCUT2D eigenvalue weighted by molar-refractivity contribution is -0.151. The molecule has 0 aromatic rings. The Kier molecular flexibility index (Phi) is 4.95. The first-order valence-electron chi connectivity index (χ1n) is 5.95. The standard InChI is InChI=1S/C12H18N2O3/c1-3-17-12(16)10-5-4-6-14(8-10)11(15)9(2)7-13/h9-10H,3-6,8H2,1-2H3. The van der Waals surface area contributed by atoms with Gasteiger partial charge in [0.2, 0.25) is 5.91 Å². The van der Waals surface area contributed by atoms with Crippen molar-refractivity contribution in [1.29, 1.82) is 5.26 Å². The van der Waals surface area contributed by atoms with Gasteiger partial charge in [0, 0.05) is 13.1 Å². The van der Waals surface area contributed by atoms with E-state index in [1.807, 2.05) is 6.07 Å². The minimum Gasteiger partial charge on any atom is -0.466 e. The van der Waals surface area contributed by atoms with Crippen molar-refractivity contribution in [2.24, 2.45) is 11.8 Å². The van der Waals surface area contributed by atoms with Crippen molar-refractivity contribution in [3.63, 3.8) is 0 Å². The molecule has 0 saturated carbocycles. The van der Waals surface area contributed by atoms with E-state index in [2.05, 4.69) is 0 Å². The molecule has 1 aliphatic rings. The topological polar surface area (TPSA) is 70.4 Å². The molecule has 5 nitrogen and oxygen atoms in total. The molecule has 0 spiro atoms. The monoisotopic (exact) mass is 238 g/mol. The Labute approximate surface area is 101 Å². The molecule has 2 unspecified atom stereocenters. The average molecular weight is 238 g/mol. The molecule has 1 saturated heterocycles. The molecular weight excluding hydrogens is 220 g/mol. The van der Waals surface area contributed by atoms with Gasteiger partial charge in [0.15, 0.2) is 0 Å². The van der Waals surface area contributed by atoms with E-state index in [1.54, 1.807) is 18.7 Å². The first-order valence-corrected chi connectivity index (χ1v) is 5.95. The summed E-state index contributed by atoms with van der Waals surface area (Å²) >= 11 is 0. The molecule has 0 N–H and O–H groups in total. The predicted molar refractivity (Wildman–Crippen MR) is 60.7 cm³/mol. The van der Waals surface area contributed by atoms with Gasteiger partial charge < -0.3 is 9.64 Å². The van der Waals surface area contributed by atoms with E-state index in [9.17, 15) is 9.59 Å². The number of nitrogens with zero attached hydrogens (tertiary/aromatic N) is 2.